The molecule has 90 valence electrons. The molecule has 6 nitrogen and oxygen atoms in total. The van der Waals surface area contributed by atoms with Crippen molar-refractivity contribution in [3.63, 3.8) is 0 Å². The fourth-order valence-corrected chi connectivity index (χ4v) is 1.74. The molecule has 0 saturated heterocycles. The zero-order valence-electron chi connectivity index (χ0n) is 9.13. The summed E-state index contributed by atoms with van der Waals surface area (Å²) in [6.45, 7) is 0.279. The minimum absolute atomic E-state index is 0.279. The number of pyridine rings is 1. The molecule has 0 aromatic carbocycles. The summed E-state index contributed by atoms with van der Waals surface area (Å²) in [6.07, 6.45) is 1.27. The van der Waals surface area contributed by atoms with Gasteiger partial charge in [-0.15, -0.1) is 0 Å². The van der Waals surface area contributed by atoms with Crippen LogP contribution in [0.4, 0.5) is 0 Å². The second-order valence-corrected chi connectivity index (χ2v) is 4.10. The van der Waals surface area contributed by atoms with Crippen molar-refractivity contribution in [2.75, 3.05) is 13.7 Å². The van der Waals surface area contributed by atoms with Gasteiger partial charge in [0.2, 0.25) is 5.82 Å². The molecular weight excluding hydrogens is 288 g/mol. The Labute approximate surface area is 106 Å². The van der Waals surface area contributed by atoms with Gasteiger partial charge in [-0.3, -0.25) is 4.98 Å². The van der Waals surface area contributed by atoms with Crippen LogP contribution in [0.1, 0.15) is 12.0 Å². The maximum Gasteiger partial charge on any atom is 0.257 e. The Kier molecular flexibility index (Phi) is 3.82. The van der Waals surface area contributed by atoms with Gasteiger partial charge in [0.25, 0.3) is 5.89 Å². The quantitative estimate of drug-likeness (QED) is 0.921. The zero-order valence-corrected chi connectivity index (χ0v) is 10.7. The van der Waals surface area contributed by atoms with E-state index in [0.717, 1.165) is 4.47 Å². The van der Waals surface area contributed by atoms with Crippen molar-refractivity contribution < 1.29 is 9.26 Å². The van der Waals surface area contributed by atoms with Crippen LogP contribution in [0.2, 0.25) is 0 Å². The van der Waals surface area contributed by atoms with Crippen LogP contribution in [0.25, 0.3) is 11.5 Å². The Bertz CT molecular complexity index is 499. The van der Waals surface area contributed by atoms with Gasteiger partial charge in [0, 0.05) is 24.3 Å². The van der Waals surface area contributed by atoms with E-state index in [-0.39, 0.29) is 6.54 Å². The molecule has 2 aromatic heterocycles. The Morgan fingerprint density at radius 3 is 3.06 bits per heavy atom. The summed E-state index contributed by atoms with van der Waals surface area (Å²) in [6, 6.07) is 3.67. The van der Waals surface area contributed by atoms with E-state index in [1.165, 1.54) is 7.11 Å². The molecule has 0 radical (unpaired) electrons. The molecule has 1 unspecified atom stereocenters. The van der Waals surface area contributed by atoms with Gasteiger partial charge in [-0.2, -0.15) is 4.98 Å². The molecule has 0 saturated carbocycles. The molecule has 2 aromatic rings. The van der Waals surface area contributed by atoms with E-state index in [0.29, 0.717) is 17.4 Å². The van der Waals surface area contributed by atoms with Gasteiger partial charge in [0.1, 0.15) is 11.8 Å². The van der Waals surface area contributed by atoms with Gasteiger partial charge in [-0.05, 0) is 28.1 Å². The summed E-state index contributed by atoms with van der Waals surface area (Å²) in [5, 5.41) is 3.85. The number of ether oxygens (including phenoxy) is 1. The van der Waals surface area contributed by atoms with Crippen LogP contribution in [0.3, 0.4) is 0 Å². The monoisotopic (exact) mass is 298 g/mol. The first-order chi connectivity index (χ1) is 8.26. The minimum Gasteiger partial charge on any atom is -0.370 e. The molecule has 0 aliphatic carbocycles. The summed E-state index contributed by atoms with van der Waals surface area (Å²) in [5.74, 6) is 0.755. The number of halogens is 1. The van der Waals surface area contributed by atoms with Gasteiger partial charge in [0.05, 0.1) is 0 Å². The van der Waals surface area contributed by atoms with E-state index in [4.69, 9.17) is 15.0 Å². The number of aromatic nitrogens is 3. The first-order valence-corrected chi connectivity index (χ1v) is 5.73. The highest BCUT2D eigenvalue weighted by Gasteiger charge is 2.19. The van der Waals surface area contributed by atoms with Gasteiger partial charge in [-0.1, -0.05) is 5.16 Å². The first kappa shape index (κ1) is 12.2. The minimum atomic E-state index is -0.390. The number of nitrogens with two attached hydrogens (primary N) is 1. The molecule has 7 heteroatoms. The lowest BCUT2D eigenvalue weighted by Gasteiger charge is -2.05. The smallest absolute Gasteiger partial charge is 0.257 e. The largest absolute Gasteiger partial charge is 0.370 e. The third-order valence-corrected chi connectivity index (χ3v) is 2.83. The van der Waals surface area contributed by atoms with Crippen LogP contribution in [0.5, 0.6) is 0 Å². The van der Waals surface area contributed by atoms with Crippen LogP contribution in [-0.2, 0) is 4.74 Å². The Hall–Kier alpha value is -1.31. The highest BCUT2D eigenvalue weighted by atomic mass is 79.9. The number of rotatable bonds is 4. The van der Waals surface area contributed by atoms with Gasteiger partial charge >= 0.3 is 0 Å². The predicted octanol–water partition coefficient (Wildman–Crippen LogP) is 1.54. The SMILES string of the molecule is COC(CN)c1nc(-c2ncccc2Br)no1. The van der Waals surface area contributed by atoms with E-state index in [2.05, 4.69) is 31.1 Å². The third-order valence-electron chi connectivity index (χ3n) is 2.19. The second kappa shape index (κ2) is 5.35. The average molecular weight is 299 g/mol. The van der Waals surface area contributed by atoms with Crippen molar-refractivity contribution in [2.24, 2.45) is 5.73 Å². The van der Waals surface area contributed by atoms with E-state index in [1.807, 2.05) is 12.1 Å². The van der Waals surface area contributed by atoms with Crippen molar-refractivity contribution in [3.8, 4) is 11.5 Å². The summed E-state index contributed by atoms with van der Waals surface area (Å²) in [7, 11) is 1.54. The van der Waals surface area contributed by atoms with Crippen LogP contribution in [-0.4, -0.2) is 28.8 Å². The van der Waals surface area contributed by atoms with E-state index in [9.17, 15) is 0 Å². The molecule has 0 spiro atoms. The summed E-state index contributed by atoms with van der Waals surface area (Å²) < 4.78 is 11.0. The lowest BCUT2D eigenvalue weighted by Crippen LogP contribution is -2.14. The Morgan fingerprint density at radius 1 is 1.59 bits per heavy atom. The number of hydrogen-bond acceptors (Lipinski definition) is 6. The highest BCUT2D eigenvalue weighted by molar-refractivity contribution is 9.10. The molecule has 0 aliphatic heterocycles. The predicted molar refractivity (Wildman–Crippen MR) is 64.0 cm³/mol. The maximum atomic E-state index is 5.52. The van der Waals surface area contributed by atoms with Crippen molar-refractivity contribution in [3.05, 3.63) is 28.7 Å². The van der Waals surface area contributed by atoms with Gasteiger partial charge in [-0.25, -0.2) is 0 Å². The van der Waals surface area contributed by atoms with Crippen LogP contribution < -0.4 is 5.73 Å². The molecule has 0 bridgehead atoms. The fraction of sp³-hybridized carbons (Fsp3) is 0.300. The summed E-state index contributed by atoms with van der Waals surface area (Å²) in [5.41, 5.74) is 6.14. The van der Waals surface area contributed by atoms with Crippen LogP contribution >= 0.6 is 15.9 Å². The Balaban J connectivity index is 2.33. The van der Waals surface area contributed by atoms with Gasteiger partial charge < -0.3 is 15.0 Å². The number of hydrogen-bond donors (Lipinski definition) is 1. The van der Waals surface area contributed by atoms with Crippen molar-refractivity contribution in [1.82, 2.24) is 15.1 Å². The molecule has 1 atom stereocenters. The van der Waals surface area contributed by atoms with E-state index < -0.39 is 6.10 Å². The molecule has 0 aliphatic rings. The average Bonchev–Trinajstić information content (AvgIpc) is 2.81. The number of nitrogens with zero attached hydrogens (tertiary/aromatic N) is 3. The second-order valence-electron chi connectivity index (χ2n) is 3.25. The van der Waals surface area contributed by atoms with Crippen LogP contribution in [0, 0.1) is 0 Å². The molecular formula is C10H11BrN4O2. The van der Waals surface area contributed by atoms with E-state index >= 15 is 0 Å². The fourth-order valence-electron chi connectivity index (χ4n) is 1.31. The molecule has 0 amide bonds. The summed E-state index contributed by atoms with van der Waals surface area (Å²) in [4.78, 5) is 8.38. The standard InChI is InChI=1S/C10H11BrN4O2/c1-16-7(5-12)10-14-9(15-17-10)8-6(11)3-2-4-13-8/h2-4,7H,5,12H2,1H3. The molecule has 2 heterocycles. The lowest BCUT2D eigenvalue weighted by atomic mass is 10.3. The molecule has 0 fully saturated rings. The van der Waals surface area contributed by atoms with Crippen molar-refractivity contribution in [1.29, 1.82) is 0 Å². The van der Waals surface area contributed by atoms with Gasteiger partial charge in [0.15, 0.2) is 0 Å². The van der Waals surface area contributed by atoms with E-state index in [1.54, 1.807) is 6.20 Å². The zero-order chi connectivity index (χ0) is 12.3. The van der Waals surface area contributed by atoms with Crippen molar-refractivity contribution in [2.45, 2.75) is 6.10 Å². The Morgan fingerprint density at radius 2 is 2.41 bits per heavy atom. The maximum absolute atomic E-state index is 5.52. The number of methoxy groups -OCH3 is 1. The summed E-state index contributed by atoms with van der Waals surface area (Å²) >= 11 is 3.37. The first-order valence-electron chi connectivity index (χ1n) is 4.93. The highest BCUT2D eigenvalue weighted by Crippen LogP contribution is 2.24. The molecule has 2 N–H and O–H groups in total. The lowest BCUT2D eigenvalue weighted by molar-refractivity contribution is 0.0804. The normalized spacial score (nSPS) is 12.6. The van der Waals surface area contributed by atoms with Crippen LogP contribution in [0.15, 0.2) is 27.3 Å². The third kappa shape index (κ3) is 2.51. The topological polar surface area (TPSA) is 87.1 Å². The molecule has 2 rings (SSSR count). The molecule has 17 heavy (non-hydrogen) atoms. The van der Waals surface area contributed by atoms with Crippen molar-refractivity contribution >= 4 is 15.9 Å².